The van der Waals surface area contributed by atoms with Crippen LogP contribution in [0.4, 0.5) is 11.4 Å². The number of nitrogens with one attached hydrogen (secondary N) is 2. The van der Waals surface area contributed by atoms with Gasteiger partial charge in [0.1, 0.15) is 0 Å². The van der Waals surface area contributed by atoms with E-state index in [0.29, 0.717) is 24.3 Å². The summed E-state index contributed by atoms with van der Waals surface area (Å²) in [7, 11) is 0. The van der Waals surface area contributed by atoms with Gasteiger partial charge >= 0.3 is 5.97 Å². The van der Waals surface area contributed by atoms with Gasteiger partial charge in [-0.1, -0.05) is 6.07 Å². The number of hydrogen-bond donors (Lipinski definition) is 3. The second kappa shape index (κ2) is 3.61. The quantitative estimate of drug-likeness (QED) is 0.643. The zero-order chi connectivity index (χ0) is 10.8. The van der Waals surface area contributed by atoms with Crippen LogP contribution >= 0.6 is 0 Å². The number of rotatable bonds is 1. The van der Waals surface area contributed by atoms with Gasteiger partial charge in [0.25, 0.3) is 0 Å². The minimum Gasteiger partial charge on any atom is -0.478 e. The Kier molecular flexibility index (Phi) is 2.29. The molecule has 0 unspecified atom stereocenters. The Morgan fingerprint density at radius 1 is 1.40 bits per heavy atom. The number of para-hydroxylation sites is 1. The second-order valence-corrected chi connectivity index (χ2v) is 3.26. The Hall–Kier alpha value is -2.04. The van der Waals surface area contributed by atoms with E-state index in [1.165, 1.54) is 6.07 Å². The molecule has 1 aliphatic heterocycles. The summed E-state index contributed by atoms with van der Waals surface area (Å²) in [5.41, 5.74) is 1.11. The SMILES string of the molecule is O=C1CCNc2cccc(C(=O)O)c2N1. The largest absolute Gasteiger partial charge is 0.478 e. The molecule has 0 aliphatic carbocycles. The molecule has 3 N–H and O–H groups in total. The van der Waals surface area contributed by atoms with Crippen LogP contribution in [0.3, 0.4) is 0 Å². The van der Waals surface area contributed by atoms with E-state index in [9.17, 15) is 9.59 Å². The zero-order valence-electron chi connectivity index (χ0n) is 7.91. The van der Waals surface area contributed by atoms with E-state index < -0.39 is 5.97 Å². The van der Waals surface area contributed by atoms with Crippen molar-refractivity contribution in [1.82, 2.24) is 0 Å². The highest BCUT2D eigenvalue weighted by atomic mass is 16.4. The van der Waals surface area contributed by atoms with E-state index in [2.05, 4.69) is 10.6 Å². The molecule has 5 heteroatoms. The normalized spacial score (nSPS) is 14.5. The summed E-state index contributed by atoms with van der Waals surface area (Å²) in [5, 5.41) is 14.5. The van der Waals surface area contributed by atoms with Gasteiger partial charge in [-0.25, -0.2) is 4.79 Å². The summed E-state index contributed by atoms with van der Waals surface area (Å²) in [5.74, 6) is -1.22. The Bertz CT molecular complexity index is 429. The van der Waals surface area contributed by atoms with Crippen molar-refractivity contribution in [3.63, 3.8) is 0 Å². The maximum Gasteiger partial charge on any atom is 0.337 e. The van der Waals surface area contributed by atoms with Gasteiger partial charge in [0.15, 0.2) is 0 Å². The zero-order valence-corrected chi connectivity index (χ0v) is 7.91. The summed E-state index contributed by atoms with van der Waals surface area (Å²) >= 11 is 0. The molecule has 1 heterocycles. The van der Waals surface area contributed by atoms with Crippen LogP contribution in [-0.4, -0.2) is 23.5 Å². The Morgan fingerprint density at radius 3 is 2.93 bits per heavy atom. The topological polar surface area (TPSA) is 78.4 Å². The first-order valence-electron chi connectivity index (χ1n) is 4.58. The average Bonchev–Trinajstić information content (AvgIpc) is 2.37. The third kappa shape index (κ3) is 1.76. The number of anilines is 2. The molecule has 0 spiro atoms. The lowest BCUT2D eigenvalue weighted by atomic mass is 10.1. The number of benzene rings is 1. The first-order valence-corrected chi connectivity index (χ1v) is 4.58. The molecule has 1 aliphatic rings. The summed E-state index contributed by atoms with van der Waals surface area (Å²) < 4.78 is 0. The minimum absolute atomic E-state index is 0.107. The highest BCUT2D eigenvalue weighted by molar-refractivity contribution is 6.05. The van der Waals surface area contributed by atoms with Crippen molar-refractivity contribution in [3.05, 3.63) is 23.8 Å². The van der Waals surface area contributed by atoms with Crippen LogP contribution in [0.5, 0.6) is 0 Å². The summed E-state index contributed by atoms with van der Waals surface area (Å²) in [6.45, 7) is 0.516. The van der Waals surface area contributed by atoms with Gasteiger partial charge in [-0.3, -0.25) is 4.79 Å². The Morgan fingerprint density at radius 2 is 2.20 bits per heavy atom. The van der Waals surface area contributed by atoms with Crippen molar-refractivity contribution in [3.8, 4) is 0 Å². The highest BCUT2D eigenvalue weighted by Gasteiger charge is 2.18. The molecule has 0 saturated heterocycles. The standard InChI is InChI=1S/C10H10N2O3/c13-8-4-5-11-7-3-1-2-6(10(14)15)9(7)12-8/h1-3,11H,4-5H2,(H,12,13)(H,14,15). The van der Waals surface area contributed by atoms with Crippen molar-refractivity contribution >= 4 is 23.3 Å². The molecule has 78 valence electrons. The number of carbonyl (C=O) groups excluding carboxylic acids is 1. The molecule has 0 bridgehead atoms. The first kappa shape index (κ1) is 9.51. The number of carboxylic acids is 1. The molecule has 0 saturated carbocycles. The van der Waals surface area contributed by atoms with Gasteiger partial charge in [0.05, 0.1) is 16.9 Å². The van der Waals surface area contributed by atoms with Crippen LogP contribution < -0.4 is 10.6 Å². The van der Waals surface area contributed by atoms with E-state index in [0.717, 1.165) is 0 Å². The summed E-state index contributed by atoms with van der Waals surface area (Å²) in [6, 6.07) is 4.86. The smallest absolute Gasteiger partial charge is 0.337 e. The Balaban J connectivity index is 2.52. The lowest BCUT2D eigenvalue weighted by molar-refractivity contribution is -0.115. The molecule has 1 aromatic rings. The summed E-state index contributed by atoms with van der Waals surface area (Å²) in [6.07, 6.45) is 0.341. The van der Waals surface area contributed by atoms with Crippen LogP contribution in [0.15, 0.2) is 18.2 Å². The molecule has 0 radical (unpaired) electrons. The van der Waals surface area contributed by atoms with Gasteiger partial charge in [-0.15, -0.1) is 0 Å². The maximum atomic E-state index is 11.3. The van der Waals surface area contributed by atoms with E-state index in [4.69, 9.17) is 5.11 Å². The van der Waals surface area contributed by atoms with Crippen molar-refractivity contribution in [1.29, 1.82) is 0 Å². The predicted molar refractivity (Wildman–Crippen MR) is 55.1 cm³/mol. The maximum absolute atomic E-state index is 11.3. The van der Waals surface area contributed by atoms with E-state index >= 15 is 0 Å². The van der Waals surface area contributed by atoms with Gasteiger partial charge in [-0.05, 0) is 12.1 Å². The molecule has 0 aromatic heterocycles. The Labute approximate surface area is 86.1 Å². The molecule has 2 rings (SSSR count). The first-order chi connectivity index (χ1) is 7.18. The predicted octanol–water partition coefficient (Wildman–Crippen LogP) is 1.14. The van der Waals surface area contributed by atoms with Crippen molar-refractivity contribution < 1.29 is 14.7 Å². The fourth-order valence-corrected chi connectivity index (χ4v) is 1.53. The molecule has 15 heavy (non-hydrogen) atoms. The van der Waals surface area contributed by atoms with Crippen LogP contribution in [0.25, 0.3) is 0 Å². The van der Waals surface area contributed by atoms with E-state index in [-0.39, 0.29) is 11.5 Å². The van der Waals surface area contributed by atoms with Crippen molar-refractivity contribution in [2.75, 3.05) is 17.2 Å². The fourth-order valence-electron chi connectivity index (χ4n) is 1.53. The average molecular weight is 206 g/mol. The molecule has 5 nitrogen and oxygen atoms in total. The van der Waals surface area contributed by atoms with Gasteiger partial charge in [-0.2, -0.15) is 0 Å². The number of fused-ring (bicyclic) bond motifs is 1. The molecule has 1 amide bonds. The number of carbonyl (C=O) groups is 2. The molecule has 0 atom stereocenters. The number of aromatic carboxylic acids is 1. The van der Waals surface area contributed by atoms with Gasteiger partial charge in [0, 0.05) is 13.0 Å². The van der Waals surface area contributed by atoms with Crippen LogP contribution in [0, 0.1) is 0 Å². The molecular formula is C10H10N2O3. The highest BCUT2D eigenvalue weighted by Crippen LogP contribution is 2.28. The number of hydrogen-bond acceptors (Lipinski definition) is 3. The van der Waals surface area contributed by atoms with Gasteiger partial charge in [0.2, 0.25) is 5.91 Å². The van der Waals surface area contributed by atoms with Crippen molar-refractivity contribution in [2.24, 2.45) is 0 Å². The van der Waals surface area contributed by atoms with Gasteiger partial charge < -0.3 is 15.7 Å². The lowest BCUT2D eigenvalue weighted by Crippen LogP contribution is -2.13. The van der Waals surface area contributed by atoms with Crippen LogP contribution in [-0.2, 0) is 4.79 Å². The lowest BCUT2D eigenvalue weighted by Gasteiger charge is -2.09. The minimum atomic E-state index is -1.05. The van der Waals surface area contributed by atoms with E-state index in [1.54, 1.807) is 12.1 Å². The second-order valence-electron chi connectivity index (χ2n) is 3.26. The number of carboxylic acid groups (broad SMARTS) is 1. The fraction of sp³-hybridized carbons (Fsp3) is 0.200. The number of amides is 1. The molecule has 1 aromatic carbocycles. The third-order valence-corrected chi connectivity index (χ3v) is 2.23. The van der Waals surface area contributed by atoms with Crippen molar-refractivity contribution in [2.45, 2.75) is 6.42 Å². The van der Waals surface area contributed by atoms with Crippen LogP contribution in [0.1, 0.15) is 16.8 Å². The van der Waals surface area contributed by atoms with E-state index in [1.807, 2.05) is 0 Å². The van der Waals surface area contributed by atoms with Crippen LogP contribution in [0.2, 0.25) is 0 Å². The third-order valence-electron chi connectivity index (χ3n) is 2.23. The molecular weight excluding hydrogens is 196 g/mol. The molecule has 0 fully saturated rings. The summed E-state index contributed by atoms with van der Waals surface area (Å²) in [4.78, 5) is 22.2. The monoisotopic (exact) mass is 206 g/mol.